The van der Waals surface area contributed by atoms with Gasteiger partial charge >= 0.3 is 11.9 Å². The number of carbonyl (C=O) groups is 2. The molecule has 0 aromatic heterocycles. The Morgan fingerprint density at radius 2 is 0.880 bits per heavy atom. The summed E-state index contributed by atoms with van der Waals surface area (Å²) in [7, 11) is 0. The van der Waals surface area contributed by atoms with Crippen LogP contribution in [0.2, 0.25) is 0 Å². The molecule has 0 saturated carbocycles. The van der Waals surface area contributed by atoms with Gasteiger partial charge in [0.2, 0.25) is 0 Å². The molecule has 4 atom stereocenters. The van der Waals surface area contributed by atoms with Gasteiger partial charge < -0.3 is 70.8 Å². The van der Waals surface area contributed by atoms with Gasteiger partial charge in [-0.3, -0.25) is 9.59 Å². The highest BCUT2D eigenvalue weighted by molar-refractivity contribution is 5.75. The zero-order valence-electron chi connectivity index (χ0n) is 25.9. The first-order chi connectivity index (χ1) is 23.5. The number of phenols is 8. The van der Waals surface area contributed by atoms with E-state index in [9.17, 15) is 60.7 Å². The predicted octanol–water partition coefficient (Wildman–Crippen LogP) is 3.03. The third-order valence-corrected chi connectivity index (χ3v) is 7.58. The number of carboxylic acid groups (broad SMARTS) is 2. The van der Waals surface area contributed by atoms with Gasteiger partial charge in [-0.05, 0) is 35.4 Å². The molecule has 2 heterocycles. The number of fused-ring (bicyclic) bond motifs is 2. The van der Waals surface area contributed by atoms with Crippen LogP contribution in [0.5, 0.6) is 57.5 Å². The second kappa shape index (κ2) is 15.3. The largest absolute Gasteiger partial charge is 0.508 e. The lowest BCUT2D eigenvalue weighted by molar-refractivity contribution is -0.143. The molecule has 0 aliphatic carbocycles. The van der Waals surface area contributed by atoms with E-state index >= 15 is 0 Å². The fourth-order valence-electron chi connectivity index (χ4n) is 5.15. The number of aliphatic carboxylic acids is 2. The molecule has 6 rings (SSSR count). The summed E-state index contributed by atoms with van der Waals surface area (Å²) in [6.07, 6.45) is -3.71. The van der Waals surface area contributed by atoms with Crippen molar-refractivity contribution in [2.24, 2.45) is 0 Å². The number of hydrogen-bond donors (Lipinski definition) is 12. The Bertz CT molecular complexity index is 1740. The number of rotatable bonds is 5. The Hall–Kier alpha value is -6.26. The molecule has 2 aliphatic heterocycles. The minimum Gasteiger partial charge on any atom is -0.508 e. The highest BCUT2D eigenvalue weighted by Gasteiger charge is 2.33. The molecule has 0 bridgehead atoms. The summed E-state index contributed by atoms with van der Waals surface area (Å²) in [5.41, 5.74) is 1.79. The molecule has 4 aromatic rings. The van der Waals surface area contributed by atoms with Crippen LogP contribution in [0.25, 0.3) is 0 Å². The molecule has 266 valence electrons. The predicted molar refractivity (Wildman–Crippen MR) is 170 cm³/mol. The lowest BCUT2D eigenvalue weighted by atomic mass is 9.94. The van der Waals surface area contributed by atoms with Crippen LogP contribution in [-0.2, 0) is 22.4 Å². The minimum atomic E-state index is -1.08. The van der Waals surface area contributed by atoms with Crippen molar-refractivity contribution in [3.05, 3.63) is 82.9 Å². The number of carboxylic acids is 2. The summed E-state index contributed by atoms with van der Waals surface area (Å²) in [5.74, 6) is -3.33. The van der Waals surface area contributed by atoms with Crippen molar-refractivity contribution in [1.82, 2.24) is 0 Å². The molecule has 0 spiro atoms. The van der Waals surface area contributed by atoms with E-state index in [0.717, 1.165) is 0 Å². The van der Waals surface area contributed by atoms with Crippen molar-refractivity contribution in [3.63, 3.8) is 0 Å². The second-order valence-electron chi connectivity index (χ2n) is 11.3. The Morgan fingerprint density at radius 1 is 0.520 bits per heavy atom. The summed E-state index contributed by atoms with van der Waals surface area (Å²) in [6.45, 7) is 0. The van der Waals surface area contributed by atoms with Gasteiger partial charge in [0.1, 0.15) is 46.7 Å². The quantitative estimate of drug-likeness (QED) is 0.133. The Kier molecular flexibility index (Phi) is 11.2. The van der Waals surface area contributed by atoms with Crippen LogP contribution in [0, 0.1) is 0 Å². The molecule has 50 heavy (non-hydrogen) atoms. The zero-order valence-corrected chi connectivity index (χ0v) is 25.9. The van der Waals surface area contributed by atoms with E-state index in [-0.39, 0.29) is 83.2 Å². The monoisotopic (exact) mass is 698 g/mol. The number of phenolic OH excluding ortho intramolecular Hbond substituents is 8. The van der Waals surface area contributed by atoms with Gasteiger partial charge in [0.25, 0.3) is 0 Å². The molecule has 0 amide bonds. The molecule has 4 aromatic carbocycles. The lowest BCUT2D eigenvalue weighted by Gasteiger charge is -2.31. The third kappa shape index (κ3) is 8.80. The van der Waals surface area contributed by atoms with Crippen LogP contribution < -0.4 is 9.47 Å². The maximum atomic E-state index is 10.2. The standard InChI is InChI=1S/2C15H14O6.C4H6O4/c2*16-8-4-11(18)9-6-13(20)15(21-14(9)5-8)7-1-2-10(17)12(19)3-7;5-3(6)1-2-4(7)8/h2*1-5,13,15-20H,6H2;1-2H2,(H,5,6)(H,7,8)/t2*13-,15+;/m00./s1. The van der Waals surface area contributed by atoms with Crippen LogP contribution in [-0.4, -0.2) is 85.4 Å². The van der Waals surface area contributed by atoms with Gasteiger partial charge in [-0.1, -0.05) is 12.1 Å². The molecule has 0 unspecified atom stereocenters. The van der Waals surface area contributed by atoms with E-state index < -0.39 is 36.4 Å². The summed E-state index contributed by atoms with van der Waals surface area (Å²) in [5, 5.41) is 112. The molecular weight excluding hydrogens is 664 g/mol. The van der Waals surface area contributed by atoms with E-state index in [0.29, 0.717) is 22.3 Å². The van der Waals surface area contributed by atoms with Crippen molar-refractivity contribution in [2.45, 2.75) is 50.1 Å². The van der Waals surface area contributed by atoms with Crippen molar-refractivity contribution < 1.29 is 80.3 Å². The molecule has 0 radical (unpaired) electrons. The molecule has 0 fully saturated rings. The molecule has 0 saturated heterocycles. The first-order valence-corrected chi connectivity index (χ1v) is 14.8. The number of aliphatic hydroxyl groups excluding tert-OH is 2. The van der Waals surface area contributed by atoms with E-state index in [1.807, 2.05) is 0 Å². The summed E-state index contributed by atoms with van der Waals surface area (Å²) in [4.78, 5) is 19.3. The lowest BCUT2D eigenvalue weighted by Crippen LogP contribution is -2.30. The van der Waals surface area contributed by atoms with Crippen molar-refractivity contribution >= 4 is 11.9 Å². The number of benzene rings is 4. The van der Waals surface area contributed by atoms with Crippen molar-refractivity contribution in [2.75, 3.05) is 0 Å². The second-order valence-corrected chi connectivity index (χ2v) is 11.3. The molecule has 16 heteroatoms. The van der Waals surface area contributed by atoms with Crippen molar-refractivity contribution in [3.8, 4) is 57.5 Å². The number of aliphatic hydroxyl groups is 2. The Morgan fingerprint density at radius 3 is 1.20 bits per heavy atom. The fourth-order valence-corrected chi connectivity index (χ4v) is 5.15. The van der Waals surface area contributed by atoms with E-state index in [1.165, 1.54) is 60.7 Å². The van der Waals surface area contributed by atoms with Crippen LogP contribution >= 0.6 is 0 Å². The fraction of sp³-hybridized carbons (Fsp3) is 0.235. The van der Waals surface area contributed by atoms with Gasteiger partial charge in [-0.25, -0.2) is 0 Å². The highest BCUT2D eigenvalue weighted by Crippen LogP contribution is 2.44. The summed E-state index contributed by atoms with van der Waals surface area (Å²) >= 11 is 0. The molecule has 2 aliphatic rings. The average molecular weight is 699 g/mol. The SMILES string of the molecule is O=C(O)CCC(=O)O.Oc1cc(O)c2c(c1)O[C@H](c1ccc(O)c(O)c1)[C@@H](O)C2.Oc1cc(O)c2c(c1)O[C@H](c1ccc(O)c(O)c1)[C@@H](O)C2. The van der Waals surface area contributed by atoms with Gasteiger partial charge in [0, 0.05) is 48.2 Å². The van der Waals surface area contributed by atoms with Gasteiger partial charge in [-0.2, -0.15) is 0 Å². The third-order valence-electron chi connectivity index (χ3n) is 7.58. The van der Waals surface area contributed by atoms with Crippen LogP contribution in [0.1, 0.15) is 47.3 Å². The van der Waals surface area contributed by atoms with E-state index in [1.54, 1.807) is 0 Å². The van der Waals surface area contributed by atoms with Crippen LogP contribution in [0.15, 0.2) is 60.7 Å². The van der Waals surface area contributed by atoms with Crippen LogP contribution in [0.3, 0.4) is 0 Å². The smallest absolute Gasteiger partial charge is 0.303 e. The molecule has 12 N–H and O–H groups in total. The molecular formula is C34H34O16. The number of aromatic hydroxyl groups is 8. The van der Waals surface area contributed by atoms with Crippen LogP contribution in [0.4, 0.5) is 0 Å². The maximum absolute atomic E-state index is 10.2. The topological polar surface area (TPSA) is 295 Å². The Balaban J connectivity index is 0.000000186. The first-order valence-electron chi connectivity index (χ1n) is 14.8. The Labute approximate surface area is 282 Å². The van der Waals surface area contributed by atoms with Gasteiger partial charge in [-0.15, -0.1) is 0 Å². The van der Waals surface area contributed by atoms with E-state index in [2.05, 4.69) is 0 Å². The summed E-state index contributed by atoms with van der Waals surface area (Å²) < 4.78 is 11.2. The number of ether oxygens (including phenoxy) is 2. The number of hydrogen-bond acceptors (Lipinski definition) is 14. The highest BCUT2D eigenvalue weighted by atomic mass is 16.5. The summed E-state index contributed by atoms with van der Waals surface area (Å²) in [6, 6.07) is 13.3. The molecule has 16 nitrogen and oxygen atoms in total. The average Bonchev–Trinajstić information content (AvgIpc) is 3.04. The normalized spacial score (nSPS) is 18.7. The maximum Gasteiger partial charge on any atom is 0.303 e. The van der Waals surface area contributed by atoms with Gasteiger partial charge in [0.15, 0.2) is 23.0 Å². The first kappa shape index (κ1) is 36.6. The van der Waals surface area contributed by atoms with E-state index in [4.69, 9.17) is 19.7 Å². The minimum absolute atomic E-state index is 0.143. The zero-order chi connectivity index (χ0) is 36.9. The van der Waals surface area contributed by atoms with Gasteiger partial charge in [0.05, 0.1) is 25.0 Å². The van der Waals surface area contributed by atoms with Crippen molar-refractivity contribution in [1.29, 1.82) is 0 Å².